The van der Waals surface area contributed by atoms with Gasteiger partial charge in [0.25, 0.3) is 0 Å². The third-order valence-corrected chi connectivity index (χ3v) is 4.83. The van der Waals surface area contributed by atoms with E-state index in [0.29, 0.717) is 0 Å². The SMILES string of the molecule is CCCC1CCC(O)(c2cc3cccc(C)c3o2)CC1. The second kappa shape index (κ2) is 5.25. The molecule has 1 fully saturated rings. The average Bonchev–Trinajstić information content (AvgIpc) is 2.88. The summed E-state index contributed by atoms with van der Waals surface area (Å²) in [5.41, 5.74) is 1.30. The molecule has 3 rings (SSSR count). The van der Waals surface area contributed by atoms with Gasteiger partial charge >= 0.3 is 0 Å². The predicted molar refractivity (Wildman–Crippen MR) is 81.7 cm³/mol. The summed E-state index contributed by atoms with van der Waals surface area (Å²) in [5, 5.41) is 12.0. The zero-order valence-corrected chi connectivity index (χ0v) is 12.5. The number of aryl methyl sites for hydroxylation is 1. The topological polar surface area (TPSA) is 33.4 Å². The maximum Gasteiger partial charge on any atom is 0.137 e. The van der Waals surface area contributed by atoms with E-state index in [-0.39, 0.29) is 0 Å². The largest absolute Gasteiger partial charge is 0.458 e. The Morgan fingerprint density at radius 1 is 1.30 bits per heavy atom. The van der Waals surface area contributed by atoms with Gasteiger partial charge in [-0.1, -0.05) is 38.0 Å². The first-order valence-electron chi connectivity index (χ1n) is 7.84. The Balaban J connectivity index is 1.85. The van der Waals surface area contributed by atoms with E-state index in [1.807, 2.05) is 12.1 Å². The van der Waals surface area contributed by atoms with Gasteiger partial charge in [-0.2, -0.15) is 0 Å². The second-order valence-electron chi connectivity index (χ2n) is 6.37. The first kappa shape index (κ1) is 13.7. The molecule has 0 atom stereocenters. The van der Waals surface area contributed by atoms with Crippen LogP contribution >= 0.6 is 0 Å². The summed E-state index contributed by atoms with van der Waals surface area (Å²) >= 11 is 0. The lowest BCUT2D eigenvalue weighted by molar-refractivity contribution is -0.0317. The summed E-state index contributed by atoms with van der Waals surface area (Å²) < 4.78 is 5.99. The third-order valence-electron chi connectivity index (χ3n) is 4.83. The number of furan rings is 1. The molecule has 2 heteroatoms. The van der Waals surface area contributed by atoms with E-state index < -0.39 is 5.60 Å². The van der Waals surface area contributed by atoms with Crippen molar-refractivity contribution in [2.24, 2.45) is 5.92 Å². The van der Waals surface area contributed by atoms with Crippen LogP contribution < -0.4 is 0 Å². The summed E-state index contributed by atoms with van der Waals surface area (Å²) in [7, 11) is 0. The lowest BCUT2D eigenvalue weighted by Gasteiger charge is -2.34. The van der Waals surface area contributed by atoms with Gasteiger partial charge in [0, 0.05) is 5.39 Å². The molecule has 1 heterocycles. The molecule has 0 spiro atoms. The number of hydrogen-bond acceptors (Lipinski definition) is 2. The van der Waals surface area contributed by atoms with Gasteiger partial charge in [-0.3, -0.25) is 0 Å². The average molecular weight is 272 g/mol. The van der Waals surface area contributed by atoms with Crippen LogP contribution in [0.3, 0.4) is 0 Å². The summed E-state index contributed by atoms with van der Waals surface area (Å²) in [6.45, 7) is 4.29. The summed E-state index contributed by atoms with van der Waals surface area (Å²) in [6, 6.07) is 8.18. The molecule has 1 saturated carbocycles. The fraction of sp³-hybridized carbons (Fsp3) is 0.556. The number of rotatable bonds is 3. The molecule has 1 N–H and O–H groups in total. The molecule has 0 bridgehead atoms. The van der Waals surface area contributed by atoms with Crippen LogP contribution in [0.1, 0.15) is 56.8 Å². The Kier molecular flexibility index (Phi) is 3.59. The van der Waals surface area contributed by atoms with Crippen molar-refractivity contribution in [2.45, 2.75) is 58.0 Å². The monoisotopic (exact) mass is 272 g/mol. The van der Waals surface area contributed by atoms with Crippen molar-refractivity contribution in [1.82, 2.24) is 0 Å². The molecule has 1 aliphatic rings. The van der Waals surface area contributed by atoms with Crippen molar-refractivity contribution < 1.29 is 9.52 Å². The number of fused-ring (bicyclic) bond motifs is 1. The molecule has 1 aromatic carbocycles. The van der Waals surface area contributed by atoms with Crippen molar-refractivity contribution in [2.75, 3.05) is 0 Å². The van der Waals surface area contributed by atoms with Gasteiger partial charge in [0.2, 0.25) is 0 Å². The zero-order valence-electron chi connectivity index (χ0n) is 12.5. The molecule has 0 unspecified atom stereocenters. The van der Waals surface area contributed by atoms with Crippen molar-refractivity contribution in [1.29, 1.82) is 0 Å². The van der Waals surface area contributed by atoms with E-state index >= 15 is 0 Å². The predicted octanol–water partition coefficient (Wildman–Crippen LogP) is 4.92. The van der Waals surface area contributed by atoms with Crippen LogP contribution in [0.4, 0.5) is 0 Å². The highest BCUT2D eigenvalue weighted by atomic mass is 16.4. The molecule has 108 valence electrons. The molecular formula is C18H24O2. The zero-order chi connectivity index (χ0) is 14.2. The van der Waals surface area contributed by atoms with E-state index in [0.717, 1.165) is 53.9 Å². The van der Waals surface area contributed by atoms with Crippen LogP contribution in [0.15, 0.2) is 28.7 Å². The van der Waals surface area contributed by atoms with E-state index in [1.165, 1.54) is 12.8 Å². The molecule has 2 nitrogen and oxygen atoms in total. The van der Waals surface area contributed by atoms with Gasteiger partial charge in [0.05, 0.1) is 0 Å². The van der Waals surface area contributed by atoms with E-state index in [2.05, 4.69) is 26.0 Å². The molecule has 0 radical (unpaired) electrons. The minimum atomic E-state index is -0.754. The summed E-state index contributed by atoms with van der Waals surface area (Å²) in [4.78, 5) is 0. The van der Waals surface area contributed by atoms with Crippen molar-refractivity contribution >= 4 is 11.0 Å². The van der Waals surface area contributed by atoms with Crippen LogP contribution in [-0.2, 0) is 5.60 Å². The summed E-state index contributed by atoms with van der Waals surface area (Å²) in [5.74, 6) is 1.54. The Morgan fingerprint density at radius 3 is 2.70 bits per heavy atom. The number of hydrogen-bond donors (Lipinski definition) is 1. The minimum Gasteiger partial charge on any atom is -0.458 e. The van der Waals surface area contributed by atoms with Gasteiger partial charge in [-0.05, 0) is 50.2 Å². The number of aliphatic hydroxyl groups is 1. The molecule has 0 amide bonds. The van der Waals surface area contributed by atoms with Gasteiger partial charge in [0.15, 0.2) is 0 Å². The first-order chi connectivity index (χ1) is 9.62. The van der Waals surface area contributed by atoms with Gasteiger partial charge in [-0.25, -0.2) is 0 Å². The molecule has 0 saturated heterocycles. The number of para-hydroxylation sites is 1. The van der Waals surface area contributed by atoms with Gasteiger partial charge < -0.3 is 9.52 Å². The van der Waals surface area contributed by atoms with Gasteiger partial charge in [-0.15, -0.1) is 0 Å². The molecule has 1 aliphatic carbocycles. The Hall–Kier alpha value is -1.28. The normalized spacial score (nSPS) is 27.1. The van der Waals surface area contributed by atoms with E-state index in [1.54, 1.807) is 0 Å². The highest BCUT2D eigenvalue weighted by molar-refractivity contribution is 5.81. The molecule has 1 aromatic heterocycles. The van der Waals surface area contributed by atoms with Crippen molar-refractivity contribution in [3.05, 3.63) is 35.6 Å². The van der Waals surface area contributed by atoms with E-state index in [4.69, 9.17) is 4.42 Å². The minimum absolute atomic E-state index is 0.754. The Bertz CT molecular complexity index is 588. The standard InChI is InChI=1S/C18H24O2/c1-3-5-14-8-10-18(19,11-9-14)16-12-15-7-4-6-13(2)17(15)20-16/h4,6-7,12,14,19H,3,5,8-11H2,1-2H3. The highest BCUT2D eigenvalue weighted by Crippen LogP contribution is 2.42. The molecule has 20 heavy (non-hydrogen) atoms. The smallest absolute Gasteiger partial charge is 0.137 e. The Morgan fingerprint density at radius 2 is 2.05 bits per heavy atom. The quantitative estimate of drug-likeness (QED) is 0.860. The van der Waals surface area contributed by atoms with Crippen LogP contribution in [0, 0.1) is 12.8 Å². The van der Waals surface area contributed by atoms with Crippen LogP contribution in [0.2, 0.25) is 0 Å². The fourth-order valence-corrected chi connectivity index (χ4v) is 3.54. The number of benzene rings is 1. The van der Waals surface area contributed by atoms with Crippen LogP contribution in [0.5, 0.6) is 0 Å². The third kappa shape index (κ3) is 2.37. The second-order valence-corrected chi connectivity index (χ2v) is 6.37. The molecular weight excluding hydrogens is 248 g/mol. The van der Waals surface area contributed by atoms with Crippen molar-refractivity contribution in [3.8, 4) is 0 Å². The highest BCUT2D eigenvalue weighted by Gasteiger charge is 2.37. The summed E-state index contributed by atoms with van der Waals surface area (Å²) in [6.07, 6.45) is 6.41. The van der Waals surface area contributed by atoms with Crippen molar-refractivity contribution in [3.63, 3.8) is 0 Å². The van der Waals surface area contributed by atoms with Crippen LogP contribution in [-0.4, -0.2) is 5.11 Å². The lowest BCUT2D eigenvalue weighted by atomic mass is 9.76. The lowest BCUT2D eigenvalue weighted by Crippen LogP contribution is -2.31. The maximum atomic E-state index is 10.9. The fourth-order valence-electron chi connectivity index (χ4n) is 3.54. The first-order valence-corrected chi connectivity index (χ1v) is 7.84. The van der Waals surface area contributed by atoms with Crippen LogP contribution in [0.25, 0.3) is 11.0 Å². The maximum absolute atomic E-state index is 10.9. The molecule has 2 aromatic rings. The van der Waals surface area contributed by atoms with Gasteiger partial charge in [0.1, 0.15) is 16.9 Å². The molecule has 0 aliphatic heterocycles. The van der Waals surface area contributed by atoms with E-state index in [9.17, 15) is 5.11 Å². The Labute approximate surface area is 120 Å².